The second kappa shape index (κ2) is 8.29. The normalized spacial score (nSPS) is 14.0. The molecule has 12 heavy (non-hydrogen) atoms. The van der Waals surface area contributed by atoms with Gasteiger partial charge in [0.1, 0.15) is 0 Å². The van der Waals surface area contributed by atoms with E-state index in [4.69, 9.17) is 21.4 Å². The van der Waals surface area contributed by atoms with Crippen molar-refractivity contribution in [3.8, 4) is 0 Å². The molecule has 1 amide bonds. The highest BCUT2D eigenvalue weighted by Gasteiger charge is 2.04. The van der Waals surface area contributed by atoms with E-state index in [2.05, 4.69) is 12.7 Å². The molecule has 0 aliphatic rings. The number of carbonyl (C=O) groups is 1. The van der Waals surface area contributed by atoms with E-state index in [1.165, 1.54) is 0 Å². The topological polar surface area (TPSA) is 115 Å². The third-order valence-corrected chi connectivity index (χ3v) is 1.30. The molecule has 0 heterocycles. The number of rotatable bonds is 3. The van der Waals surface area contributed by atoms with Crippen LogP contribution in [0.25, 0.3) is 0 Å². The van der Waals surface area contributed by atoms with Gasteiger partial charge in [0.05, 0.1) is 0 Å². The van der Waals surface area contributed by atoms with Gasteiger partial charge in [0.2, 0.25) is 0 Å². The van der Waals surface area contributed by atoms with Gasteiger partial charge in [0.25, 0.3) is 0 Å². The van der Waals surface area contributed by atoms with Crippen LogP contribution in [0.2, 0.25) is 0 Å². The highest BCUT2D eigenvalue weighted by atomic mass is 16.4. The summed E-state index contributed by atoms with van der Waals surface area (Å²) in [5, 5.41) is 7.19. The number of hydrogen-bond donors (Lipinski definition) is 4. The number of nitrogens with two attached hydrogens (primary N) is 3. The maximum Gasteiger partial charge on any atom is 0.402 e. The quantitative estimate of drug-likeness (QED) is 0.488. The van der Waals surface area contributed by atoms with Crippen molar-refractivity contribution in [1.82, 2.24) is 0 Å². The second-order valence-electron chi connectivity index (χ2n) is 2.65. The fourth-order valence-corrected chi connectivity index (χ4v) is 0.596. The molecule has 74 valence electrons. The van der Waals surface area contributed by atoms with Crippen LogP contribution in [-0.2, 0) is 0 Å². The van der Waals surface area contributed by atoms with Gasteiger partial charge in [-0.25, -0.2) is 4.79 Å². The Balaban J connectivity index is 0. The average Bonchev–Trinajstić information content (AvgIpc) is 1.86. The number of hydrogen-bond acceptors (Lipinski definition) is 3. The largest absolute Gasteiger partial charge is 0.465 e. The molecule has 0 saturated heterocycles. The van der Waals surface area contributed by atoms with Crippen LogP contribution in [0.5, 0.6) is 0 Å². The van der Waals surface area contributed by atoms with Gasteiger partial charge in [-0.3, -0.25) is 0 Å². The van der Waals surface area contributed by atoms with Crippen molar-refractivity contribution >= 4 is 6.09 Å². The van der Waals surface area contributed by atoms with Gasteiger partial charge in [-0.2, -0.15) is 0 Å². The van der Waals surface area contributed by atoms with Crippen LogP contribution in [0.1, 0.15) is 26.7 Å². The summed E-state index contributed by atoms with van der Waals surface area (Å²) in [5.74, 6) is 0. The minimum Gasteiger partial charge on any atom is -0.465 e. The Labute approximate surface area is 72.9 Å². The minimum absolute atomic E-state index is 0.148. The first-order valence-electron chi connectivity index (χ1n) is 3.91. The summed E-state index contributed by atoms with van der Waals surface area (Å²) in [5.41, 5.74) is 15.1. The minimum atomic E-state index is -1.33. The fourth-order valence-electron chi connectivity index (χ4n) is 0.596. The maximum atomic E-state index is 8.78. The summed E-state index contributed by atoms with van der Waals surface area (Å²) in [6.07, 6.45) is 0.834. The van der Waals surface area contributed by atoms with Gasteiger partial charge in [0, 0.05) is 12.1 Å². The van der Waals surface area contributed by atoms with E-state index in [0.717, 1.165) is 12.8 Å². The van der Waals surface area contributed by atoms with Crippen molar-refractivity contribution in [2.24, 2.45) is 17.2 Å². The predicted molar refractivity (Wildman–Crippen MR) is 48.7 cm³/mol. The highest BCUT2D eigenvalue weighted by molar-refractivity contribution is 5.61. The summed E-state index contributed by atoms with van der Waals surface area (Å²) in [4.78, 5) is 8.78. The summed E-state index contributed by atoms with van der Waals surface area (Å²) in [6.45, 7) is 4.06. The molecule has 0 rings (SSSR count). The number of carboxylic acid groups (broad SMARTS) is 1. The second-order valence-corrected chi connectivity index (χ2v) is 2.65. The van der Waals surface area contributed by atoms with Gasteiger partial charge < -0.3 is 22.3 Å². The molecule has 5 heteroatoms. The standard InChI is InChI=1S/C6H16N2.CH3NO2/c1-3-4-6(8)5(2)7;2-1(3)4/h5-6H,3-4,7-8H2,1-2H3;2H2,(H,3,4). The first-order chi connectivity index (χ1) is 5.41. The Morgan fingerprint density at radius 1 is 1.50 bits per heavy atom. The molecule has 0 saturated carbocycles. The van der Waals surface area contributed by atoms with Crippen LogP contribution in [-0.4, -0.2) is 23.3 Å². The SMILES string of the molecule is CCCC(N)C(C)N.NC(=O)O. The molecule has 0 aromatic carbocycles. The Hall–Kier alpha value is -0.810. The van der Waals surface area contributed by atoms with Gasteiger partial charge in [0.15, 0.2) is 0 Å². The van der Waals surface area contributed by atoms with E-state index in [9.17, 15) is 0 Å². The molecule has 2 atom stereocenters. The Morgan fingerprint density at radius 3 is 1.92 bits per heavy atom. The smallest absolute Gasteiger partial charge is 0.402 e. The molecule has 0 fully saturated rings. The fraction of sp³-hybridized carbons (Fsp3) is 0.857. The van der Waals surface area contributed by atoms with Crippen molar-refractivity contribution in [1.29, 1.82) is 0 Å². The zero-order valence-electron chi connectivity index (χ0n) is 7.66. The zero-order chi connectivity index (χ0) is 10.1. The van der Waals surface area contributed by atoms with Crippen molar-refractivity contribution < 1.29 is 9.90 Å². The lowest BCUT2D eigenvalue weighted by Gasteiger charge is -2.13. The van der Waals surface area contributed by atoms with Gasteiger partial charge in [-0.1, -0.05) is 13.3 Å². The lowest BCUT2D eigenvalue weighted by molar-refractivity contribution is 0.205. The van der Waals surface area contributed by atoms with Crippen LogP contribution in [0.3, 0.4) is 0 Å². The lowest BCUT2D eigenvalue weighted by atomic mass is 10.1. The van der Waals surface area contributed by atoms with Gasteiger partial charge >= 0.3 is 6.09 Å². The number of amides is 1. The van der Waals surface area contributed by atoms with Crippen LogP contribution in [0, 0.1) is 0 Å². The Kier molecular flexibility index (Phi) is 9.50. The van der Waals surface area contributed by atoms with Crippen LogP contribution >= 0.6 is 0 Å². The lowest BCUT2D eigenvalue weighted by Crippen LogP contribution is -2.38. The molecular weight excluding hydrogens is 158 g/mol. The van der Waals surface area contributed by atoms with Crippen LogP contribution in [0.4, 0.5) is 4.79 Å². The Morgan fingerprint density at radius 2 is 1.83 bits per heavy atom. The monoisotopic (exact) mass is 177 g/mol. The van der Waals surface area contributed by atoms with E-state index in [0.29, 0.717) is 0 Å². The van der Waals surface area contributed by atoms with Crippen LogP contribution in [0.15, 0.2) is 0 Å². The first-order valence-corrected chi connectivity index (χ1v) is 3.91. The van der Waals surface area contributed by atoms with Gasteiger partial charge in [-0.05, 0) is 13.3 Å². The zero-order valence-corrected chi connectivity index (χ0v) is 7.66. The average molecular weight is 177 g/mol. The van der Waals surface area contributed by atoms with Crippen molar-refractivity contribution in [3.63, 3.8) is 0 Å². The van der Waals surface area contributed by atoms with E-state index in [-0.39, 0.29) is 12.1 Å². The van der Waals surface area contributed by atoms with E-state index in [1.54, 1.807) is 0 Å². The first kappa shape index (κ1) is 13.8. The molecule has 0 spiro atoms. The third-order valence-electron chi connectivity index (χ3n) is 1.30. The van der Waals surface area contributed by atoms with Crippen molar-refractivity contribution in [2.45, 2.75) is 38.8 Å². The predicted octanol–water partition coefficient (Wildman–Crippen LogP) is 0.0841. The summed E-state index contributed by atoms with van der Waals surface area (Å²) in [6, 6.07) is 0.343. The van der Waals surface area contributed by atoms with E-state index < -0.39 is 6.09 Å². The third kappa shape index (κ3) is 16.1. The molecule has 0 aromatic rings. The molecule has 5 nitrogen and oxygen atoms in total. The molecule has 0 radical (unpaired) electrons. The van der Waals surface area contributed by atoms with E-state index >= 15 is 0 Å². The molecule has 0 aliphatic heterocycles. The maximum absolute atomic E-state index is 8.78. The van der Waals surface area contributed by atoms with Crippen molar-refractivity contribution in [3.05, 3.63) is 0 Å². The summed E-state index contributed by atoms with van der Waals surface area (Å²) in [7, 11) is 0. The van der Waals surface area contributed by atoms with Crippen LogP contribution < -0.4 is 17.2 Å². The van der Waals surface area contributed by atoms with E-state index in [1.807, 2.05) is 6.92 Å². The molecule has 7 N–H and O–H groups in total. The molecule has 2 unspecified atom stereocenters. The molecule has 0 bridgehead atoms. The number of primary amides is 1. The summed E-state index contributed by atoms with van der Waals surface area (Å²) < 4.78 is 0. The summed E-state index contributed by atoms with van der Waals surface area (Å²) >= 11 is 0. The Bertz CT molecular complexity index is 113. The molecule has 0 aliphatic carbocycles. The van der Waals surface area contributed by atoms with Crippen molar-refractivity contribution in [2.75, 3.05) is 0 Å². The molecular formula is C7H19N3O2. The van der Waals surface area contributed by atoms with Gasteiger partial charge in [-0.15, -0.1) is 0 Å². The highest BCUT2D eigenvalue weighted by Crippen LogP contribution is 1.94. The molecule has 0 aromatic heterocycles.